The molecule has 0 radical (unpaired) electrons. The first-order valence-corrected chi connectivity index (χ1v) is 6.38. The summed E-state index contributed by atoms with van der Waals surface area (Å²) in [5, 5.41) is 20.8. The number of phenolic OH excluding ortho intramolecular Hbond substituents is 1. The maximum atomic E-state index is 11.8. The number of benzene rings is 1. The SMILES string of the molecule is CC(C)C(N)C(=O)N[C@H](Cc1ccc(O)cc1)C(=O)O. The van der Waals surface area contributed by atoms with Crippen molar-refractivity contribution in [3.05, 3.63) is 29.8 Å². The molecule has 110 valence electrons. The zero-order chi connectivity index (χ0) is 15.3. The molecule has 1 aromatic carbocycles. The van der Waals surface area contributed by atoms with Crippen molar-refractivity contribution in [2.24, 2.45) is 11.7 Å². The molecule has 20 heavy (non-hydrogen) atoms. The lowest BCUT2D eigenvalue weighted by molar-refractivity contribution is -0.142. The monoisotopic (exact) mass is 280 g/mol. The number of aliphatic carboxylic acids is 1. The molecular weight excluding hydrogens is 260 g/mol. The highest BCUT2D eigenvalue weighted by atomic mass is 16.4. The Labute approximate surface area is 117 Å². The first-order valence-electron chi connectivity index (χ1n) is 6.38. The van der Waals surface area contributed by atoms with Crippen LogP contribution < -0.4 is 11.1 Å². The number of carboxylic acid groups (broad SMARTS) is 1. The van der Waals surface area contributed by atoms with Gasteiger partial charge in [0, 0.05) is 6.42 Å². The van der Waals surface area contributed by atoms with Crippen molar-refractivity contribution in [3.63, 3.8) is 0 Å². The van der Waals surface area contributed by atoms with Crippen molar-refractivity contribution in [3.8, 4) is 5.75 Å². The summed E-state index contributed by atoms with van der Waals surface area (Å²) in [7, 11) is 0. The lowest BCUT2D eigenvalue weighted by atomic mass is 10.0. The quantitative estimate of drug-likeness (QED) is 0.605. The Kier molecular flexibility index (Phi) is 5.52. The summed E-state index contributed by atoms with van der Waals surface area (Å²) in [6, 6.07) is 4.37. The normalized spacial score (nSPS) is 13.8. The van der Waals surface area contributed by atoms with Gasteiger partial charge in [0.1, 0.15) is 11.8 Å². The van der Waals surface area contributed by atoms with Crippen LogP contribution in [0.25, 0.3) is 0 Å². The van der Waals surface area contributed by atoms with Gasteiger partial charge in [0.15, 0.2) is 0 Å². The minimum Gasteiger partial charge on any atom is -0.508 e. The second kappa shape index (κ2) is 6.91. The van der Waals surface area contributed by atoms with Gasteiger partial charge in [0.2, 0.25) is 5.91 Å². The first-order chi connectivity index (χ1) is 9.31. The molecule has 0 saturated heterocycles. The number of rotatable bonds is 6. The Balaban J connectivity index is 2.72. The lowest BCUT2D eigenvalue weighted by Crippen LogP contribution is -2.51. The molecule has 1 rings (SSSR count). The van der Waals surface area contributed by atoms with Gasteiger partial charge < -0.3 is 21.3 Å². The van der Waals surface area contributed by atoms with E-state index < -0.39 is 24.0 Å². The van der Waals surface area contributed by atoms with E-state index in [1.54, 1.807) is 26.0 Å². The van der Waals surface area contributed by atoms with Crippen molar-refractivity contribution in [1.29, 1.82) is 0 Å². The summed E-state index contributed by atoms with van der Waals surface area (Å²) < 4.78 is 0. The molecule has 0 aromatic heterocycles. The molecule has 0 aliphatic carbocycles. The van der Waals surface area contributed by atoms with Crippen LogP contribution in [-0.4, -0.2) is 34.2 Å². The van der Waals surface area contributed by atoms with Gasteiger partial charge in [-0.1, -0.05) is 26.0 Å². The molecule has 1 unspecified atom stereocenters. The van der Waals surface area contributed by atoms with E-state index in [0.29, 0.717) is 5.56 Å². The minimum absolute atomic E-state index is 0.0712. The molecule has 0 bridgehead atoms. The number of nitrogens with two attached hydrogens (primary N) is 1. The molecule has 5 N–H and O–H groups in total. The van der Waals surface area contributed by atoms with E-state index in [2.05, 4.69) is 5.32 Å². The van der Waals surface area contributed by atoms with Crippen LogP contribution in [0.5, 0.6) is 5.75 Å². The minimum atomic E-state index is -1.12. The number of carbonyl (C=O) groups is 2. The van der Waals surface area contributed by atoms with Gasteiger partial charge in [-0.05, 0) is 23.6 Å². The van der Waals surface area contributed by atoms with E-state index in [1.165, 1.54) is 12.1 Å². The van der Waals surface area contributed by atoms with Crippen LogP contribution in [0.3, 0.4) is 0 Å². The maximum absolute atomic E-state index is 11.8. The molecule has 1 amide bonds. The fourth-order valence-corrected chi connectivity index (χ4v) is 1.64. The van der Waals surface area contributed by atoms with Gasteiger partial charge in [-0.15, -0.1) is 0 Å². The second-order valence-electron chi connectivity index (χ2n) is 5.04. The van der Waals surface area contributed by atoms with Crippen LogP contribution in [0.15, 0.2) is 24.3 Å². The molecule has 0 aliphatic rings. The van der Waals surface area contributed by atoms with Crippen LogP contribution >= 0.6 is 0 Å². The third-order valence-corrected chi connectivity index (χ3v) is 3.01. The molecule has 0 spiro atoms. The molecular formula is C14H20N2O4. The summed E-state index contributed by atoms with van der Waals surface area (Å²) in [6.45, 7) is 3.58. The highest BCUT2D eigenvalue weighted by molar-refractivity contribution is 5.87. The number of hydrogen-bond donors (Lipinski definition) is 4. The average molecular weight is 280 g/mol. The van der Waals surface area contributed by atoms with Gasteiger partial charge in [-0.2, -0.15) is 0 Å². The van der Waals surface area contributed by atoms with Crippen LogP contribution in [0.2, 0.25) is 0 Å². The second-order valence-corrected chi connectivity index (χ2v) is 5.04. The lowest BCUT2D eigenvalue weighted by Gasteiger charge is -2.19. The highest BCUT2D eigenvalue weighted by Crippen LogP contribution is 2.11. The molecule has 0 aliphatic heterocycles. The van der Waals surface area contributed by atoms with Crippen LogP contribution in [0.1, 0.15) is 19.4 Å². The molecule has 2 atom stereocenters. The van der Waals surface area contributed by atoms with E-state index >= 15 is 0 Å². The van der Waals surface area contributed by atoms with Crippen molar-refractivity contribution >= 4 is 11.9 Å². The Morgan fingerprint density at radius 1 is 1.25 bits per heavy atom. The van der Waals surface area contributed by atoms with E-state index in [-0.39, 0.29) is 18.1 Å². The predicted molar refractivity (Wildman–Crippen MR) is 74.2 cm³/mol. The summed E-state index contributed by atoms with van der Waals surface area (Å²) >= 11 is 0. The van der Waals surface area contributed by atoms with E-state index in [1.807, 2.05) is 0 Å². The summed E-state index contributed by atoms with van der Waals surface area (Å²) in [5.41, 5.74) is 6.39. The number of aromatic hydroxyl groups is 1. The Morgan fingerprint density at radius 3 is 2.25 bits per heavy atom. The van der Waals surface area contributed by atoms with Crippen molar-refractivity contribution < 1.29 is 19.8 Å². The third kappa shape index (κ3) is 4.55. The van der Waals surface area contributed by atoms with E-state index in [9.17, 15) is 14.7 Å². The van der Waals surface area contributed by atoms with Gasteiger partial charge >= 0.3 is 5.97 Å². The first kappa shape index (κ1) is 16.0. The van der Waals surface area contributed by atoms with Crippen molar-refractivity contribution in [1.82, 2.24) is 5.32 Å². The van der Waals surface area contributed by atoms with Crippen LogP contribution in [0.4, 0.5) is 0 Å². The van der Waals surface area contributed by atoms with Crippen LogP contribution in [0, 0.1) is 5.92 Å². The van der Waals surface area contributed by atoms with Crippen molar-refractivity contribution in [2.75, 3.05) is 0 Å². The molecule has 6 nitrogen and oxygen atoms in total. The fourth-order valence-electron chi connectivity index (χ4n) is 1.64. The molecule has 1 aromatic rings. The molecule has 0 heterocycles. The van der Waals surface area contributed by atoms with Crippen molar-refractivity contribution in [2.45, 2.75) is 32.4 Å². The number of hydrogen-bond acceptors (Lipinski definition) is 4. The fraction of sp³-hybridized carbons (Fsp3) is 0.429. The Bertz CT molecular complexity index is 471. The summed E-state index contributed by atoms with van der Waals surface area (Å²) in [6.07, 6.45) is 0.131. The smallest absolute Gasteiger partial charge is 0.326 e. The summed E-state index contributed by atoms with van der Waals surface area (Å²) in [4.78, 5) is 23.0. The highest BCUT2D eigenvalue weighted by Gasteiger charge is 2.24. The van der Waals surface area contributed by atoms with Gasteiger partial charge in [0.25, 0.3) is 0 Å². The molecule has 0 fully saturated rings. The number of carboxylic acids is 1. The average Bonchev–Trinajstić information content (AvgIpc) is 2.39. The molecule has 0 saturated carbocycles. The zero-order valence-corrected chi connectivity index (χ0v) is 11.5. The van der Waals surface area contributed by atoms with Gasteiger partial charge in [-0.3, -0.25) is 4.79 Å². The van der Waals surface area contributed by atoms with E-state index in [0.717, 1.165) is 0 Å². The standard InChI is InChI=1S/C14H20N2O4/c1-8(2)12(15)13(18)16-11(14(19)20)7-9-3-5-10(17)6-4-9/h3-6,8,11-12,17H,7,15H2,1-2H3,(H,16,18)(H,19,20)/t11-,12?/m1/s1. The zero-order valence-electron chi connectivity index (χ0n) is 11.5. The predicted octanol–water partition coefficient (Wildman–Crippen LogP) is 0.487. The largest absolute Gasteiger partial charge is 0.508 e. The maximum Gasteiger partial charge on any atom is 0.326 e. The molecule has 6 heteroatoms. The number of phenols is 1. The van der Waals surface area contributed by atoms with Crippen LogP contribution in [-0.2, 0) is 16.0 Å². The van der Waals surface area contributed by atoms with Gasteiger partial charge in [-0.25, -0.2) is 4.79 Å². The Morgan fingerprint density at radius 2 is 1.80 bits per heavy atom. The number of amides is 1. The summed E-state index contributed by atoms with van der Waals surface area (Å²) in [5.74, 6) is -1.57. The van der Waals surface area contributed by atoms with Gasteiger partial charge in [0.05, 0.1) is 6.04 Å². The number of nitrogens with one attached hydrogen (secondary N) is 1. The number of carbonyl (C=O) groups excluding carboxylic acids is 1. The topological polar surface area (TPSA) is 113 Å². The Hall–Kier alpha value is -2.08. The van der Waals surface area contributed by atoms with E-state index in [4.69, 9.17) is 10.8 Å². The third-order valence-electron chi connectivity index (χ3n) is 3.01.